The fourth-order valence-electron chi connectivity index (χ4n) is 2.20. The molecule has 1 aromatic heterocycles. The minimum atomic E-state index is 0.0430. The van der Waals surface area contributed by atoms with E-state index in [-0.39, 0.29) is 6.04 Å². The van der Waals surface area contributed by atoms with Crippen molar-refractivity contribution < 1.29 is 4.74 Å². The average Bonchev–Trinajstić information content (AvgIpc) is 2.43. The van der Waals surface area contributed by atoms with Crippen molar-refractivity contribution in [3.8, 4) is 5.75 Å². The molecule has 0 spiro atoms. The Balaban J connectivity index is 2.46. The Morgan fingerprint density at radius 2 is 2.05 bits per heavy atom. The quantitative estimate of drug-likeness (QED) is 0.930. The molecule has 4 heteroatoms. The molecule has 2 rings (SSSR count). The predicted octanol–water partition coefficient (Wildman–Crippen LogP) is 3.36. The van der Waals surface area contributed by atoms with Crippen LogP contribution in [0.15, 0.2) is 36.7 Å². The average molecular weight is 277 g/mol. The number of halogens is 1. The Hall–Kier alpha value is -1.58. The highest BCUT2D eigenvalue weighted by Gasteiger charge is 2.17. The van der Waals surface area contributed by atoms with Crippen molar-refractivity contribution in [2.75, 3.05) is 14.2 Å². The number of hydrogen-bond donors (Lipinski definition) is 1. The van der Waals surface area contributed by atoms with Crippen molar-refractivity contribution in [3.63, 3.8) is 0 Å². The zero-order valence-electron chi connectivity index (χ0n) is 11.3. The number of benzene rings is 1. The molecule has 0 aliphatic carbocycles. The van der Waals surface area contributed by atoms with Crippen LogP contribution in [0, 0.1) is 6.92 Å². The topological polar surface area (TPSA) is 34.1 Å². The van der Waals surface area contributed by atoms with Gasteiger partial charge in [-0.25, -0.2) is 0 Å². The molecule has 0 aliphatic heterocycles. The third-order valence-electron chi connectivity index (χ3n) is 3.19. The van der Waals surface area contributed by atoms with Crippen LogP contribution in [0.2, 0.25) is 5.02 Å². The lowest BCUT2D eigenvalue weighted by Crippen LogP contribution is -2.19. The van der Waals surface area contributed by atoms with Crippen molar-refractivity contribution in [2.45, 2.75) is 13.0 Å². The highest BCUT2D eigenvalue weighted by atomic mass is 35.5. The molecule has 100 valence electrons. The summed E-state index contributed by atoms with van der Waals surface area (Å²) in [4.78, 5) is 4.03. The molecule has 1 atom stereocenters. The van der Waals surface area contributed by atoms with Gasteiger partial charge in [-0.3, -0.25) is 4.98 Å². The molecule has 3 nitrogen and oxygen atoms in total. The van der Waals surface area contributed by atoms with Gasteiger partial charge in [-0.05, 0) is 48.9 Å². The van der Waals surface area contributed by atoms with Gasteiger partial charge >= 0.3 is 0 Å². The van der Waals surface area contributed by atoms with Gasteiger partial charge in [0, 0.05) is 12.4 Å². The van der Waals surface area contributed by atoms with Crippen molar-refractivity contribution >= 4 is 11.6 Å². The van der Waals surface area contributed by atoms with Gasteiger partial charge in [-0.15, -0.1) is 0 Å². The van der Waals surface area contributed by atoms with E-state index in [9.17, 15) is 0 Å². The van der Waals surface area contributed by atoms with Crippen LogP contribution < -0.4 is 10.1 Å². The van der Waals surface area contributed by atoms with Crippen LogP contribution in [-0.2, 0) is 0 Å². The van der Waals surface area contributed by atoms with Gasteiger partial charge in [-0.1, -0.05) is 17.7 Å². The molecule has 2 aromatic rings. The van der Waals surface area contributed by atoms with E-state index in [1.807, 2.05) is 25.2 Å². The van der Waals surface area contributed by atoms with Gasteiger partial charge in [-0.2, -0.15) is 0 Å². The van der Waals surface area contributed by atoms with Gasteiger partial charge < -0.3 is 10.1 Å². The van der Waals surface area contributed by atoms with E-state index in [0.717, 1.165) is 16.9 Å². The van der Waals surface area contributed by atoms with Crippen LogP contribution in [0.3, 0.4) is 0 Å². The Kier molecular flexibility index (Phi) is 4.40. The van der Waals surface area contributed by atoms with E-state index in [1.165, 1.54) is 5.56 Å². The maximum atomic E-state index is 6.23. The Morgan fingerprint density at radius 3 is 2.63 bits per heavy atom. The molecule has 0 amide bonds. The number of methoxy groups -OCH3 is 1. The second-order valence-corrected chi connectivity index (χ2v) is 4.75. The lowest BCUT2D eigenvalue weighted by molar-refractivity contribution is 0.414. The SMILES string of the molecule is CNC(c1ccc(OC)cc1C)c1ccncc1Cl. The molecule has 1 N–H and O–H groups in total. The van der Waals surface area contributed by atoms with Crippen LogP contribution in [0.25, 0.3) is 0 Å². The number of pyridine rings is 1. The van der Waals surface area contributed by atoms with E-state index < -0.39 is 0 Å². The minimum absolute atomic E-state index is 0.0430. The summed E-state index contributed by atoms with van der Waals surface area (Å²) in [5.41, 5.74) is 3.36. The summed E-state index contributed by atoms with van der Waals surface area (Å²) in [5, 5.41) is 3.96. The Morgan fingerprint density at radius 1 is 1.26 bits per heavy atom. The standard InChI is InChI=1S/C15H17ClN2O/c1-10-8-11(19-3)4-5-12(10)15(17-2)13-6-7-18-9-14(13)16/h4-9,15,17H,1-3H3. The fourth-order valence-corrected chi connectivity index (χ4v) is 2.43. The Bertz CT molecular complexity index is 572. The summed E-state index contributed by atoms with van der Waals surface area (Å²) in [7, 11) is 3.59. The number of nitrogens with one attached hydrogen (secondary N) is 1. The van der Waals surface area contributed by atoms with Crippen molar-refractivity contribution in [3.05, 3.63) is 58.4 Å². The first-order valence-corrected chi connectivity index (χ1v) is 6.46. The Labute approximate surface area is 118 Å². The molecule has 0 aliphatic rings. The number of aryl methyl sites for hydroxylation is 1. The van der Waals surface area contributed by atoms with Gasteiger partial charge in [0.05, 0.1) is 18.2 Å². The first kappa shape index (κ1) is 13.8. The van der Waals surface area contributed by atoms with Gasteiger partial charge in [0.2, 0.25) is 0 Å². The molecule has 0 saturated carbocycles. The molecule has 0 saturated heterocycles. The van der Waals surface area contributed by atoms with Crippen molar-refractivity contribution in [1.82, 2.24) is 10.3 Å². The van der Waals surface area contributed by atoms with E-state index in [1.54, 1.807) is 19.5 Å². The third kappa shape index (κ3) is 2.88. The zero-order chi connectivity index (χ0) is 13.8. The molecule has 0 radical (unpaired) electrons. The van der Waals surface area contributed by atoms with Crippen LogP contribution in [0.5, 0.6) is 5.75 Å². The first-order valence-electron chi connectivity index (χ1n) is 6.08. The second-order valence-electron chi connectivity index (χ2n) is 4.34. The maximum absolute atomic E-state index is 6.23. The van der Waals surface area contributed by atoms with E-state index in [2.05, 4.69) is 23.3 Å². The van der Waals surface area contributed by atoms with E-state index in [0.29, 0.717) is 5.02 Å². The summed E-state index contributed by atoms with van der Waals surface area (Å²) in [6.45, 7) is 2.07. The van der Waals surface area contributed by atoms with Crippen molar-refractivity contribution in [2.24, 2.45) is 0 Å². The number of hydrogen-bond acceptors (Lipinski definition) is 3. The fraction of sp³-hybridized carbons (Fsp3) is 0.267. The second kappa shape index (κ2) is 6.04. The van der Waals surface area contributed by atoms with E-state index in [4.69, 9.17) is 16.3 Å². The van der Waals surface area contributed by atoms with Gasteiger partial charge in [0.25, 0.3) is 0 Å². The van der Waals surface area contributed by atoms with E-state index >= 15 is 0 Å². The molecule has 1 aromatic carbocycles. The molecule has 0 fully saturated rings. The summed E-state index contributed by atoms with van der Waals surface area (Å²) in [6, 6.07) is 8.02. The normalized spacial score (nSPS) is 12.2. The number of ether oxygens (including phenoxy) is 1. The van der Waals surface area contributed by atoms with Crippen LogP contribution >= 0.6 is 11.6 Å². The van der Waals surface area contributed by atoms with Crippen molar-refractivity contribution in [1.29, 1.82) is 0 Å². The molecular weight excluding hydrogens is 260 g/mol. The molecular formula is C15H17ClN2O. The number of nitrogens with zero attached hydrogens (tertiary/aromatic N) is 1. The third-order valence-corrected chi connectivity index (χ3v) is 3.51. The number of aromatic nitrogens is 1. The monoisotopic (exact) mass is 276 g/mol. The highest BCUT2D eigenvalue weighted by Crippen LogP contribution is 2.30. The van der Waals surface area contributed by atoms with Crippen LogP contribution in [0.4, 0.5) is 0 Å². The lowest BCUT2D eigenvalue weighted by atomic mass is 9.95. The van der Waals surface area contributed by atoms with Crippen LogP contribution in [0.1, 0.15) is 22.7 Å². The summed E-state index contributed by atoms with van der Waals surface area (Å²) in [5.74, 6) is 0.858. The lowest BCUT2D eigenvalue weighted by Gasteiger charge is -2.20. The minimum Gasteiger partial charge on any atom is -0.497 e. The summed E-state index contributed by atoms with van der Waals surface area (Å²) < 4.78 is 5.24. The molecule has 1 heterocycles. The highest BCUT2D eigenvalue weighted by molar-refractivity contribution is 6.31. The maximum Gasteiger partial charge on any atom is 0.119 e. The predicted molar refractivity (Wildman–Crippen MR) is 77.9 cm³/mol. The summed E-state index contributed by atoms with van der Waals surface area (Å²) in [6.07, 6.45) is 3.42. The van der Waals surface area contributed by atoms with Crippen LogP contribution in [-0.4, -0.2) is 19.1 Å². The first-order chi connectivity index (χ1) is 9.17. The van der Waals surface area contributed by atoms with Gasteiger partial charge in [0.15, 0.2) is 0 Å². The zero-order valence-corrected chi connectivity index (χ0v) is 12.0. The largest absolute Gasteiger partial charge is 0.497 e. The molecule has 1 unspecified atom stereocenters. The molecule has 19 heavy (non-hydrogen) atoms. The summed E-state index contributed by atoms with van der Waals surface area (Å²) >= 11 is 6.23. The molecule has 0 bridgehead atoms. The smallest absolute Gasteiger partial charge is 0.119 e. The van der Waals surface area contributed by atoms with Gasteiger partial charge in [0.1, 0.15) is 5.75 Å². The number of rotatable bonds is 4.